The van der Waals surface area contributed by atoms with Crippen LogP contribution in [0.15, 0.2) is 28.7 Å². The van der Waals surface area contributed by atoms with Crippen molar-refractivity contribution in [2.75, 3.05) is 44.0 Å². The van der Waals surface area contributed by atoms with Crippen LogP contribution in [0.2, 0.25) is 0 Å². The van der Waals surface area contributed by atoms with Crippen molar-refractivity contribution in [2.24, 2.45) is 0 Å². The zero-order valence-electron chi connectivity index (χ0n) is 14.1. The molecule has 1 aliphatic rings. The largest absolute Gasteiger partial charge is 0.340 e. The van der Waals surface area contributed by atoms with Gasteiger partial charge in [-0.05, 0) is 45.1 Å². The van der Waals surface area contributed by atoms with Crippen molar-refractivity contribution in [3.63, 3.8) is 0 Å². The molecule has 2 amide bonds. The summed E-state index contributed by atoms with van der Waals surface area (Å²) in [6.07, 6.45) is 2.18. The summed E-state index contributed by atoms with van der Waals surface area (Å²) in [6, 6.07) is 7.90. The van der Waals surface area contributed by atoms with Crippen molar-refractivity contribution in [1.29, 1.82) is 0 Å². The summed E-state index contributed by atoms with van der Waals surface area (Å²) in [6.45, 7) is 1.62. The van der Waals surface area contributed by atoms with Crippen molar-refractivity contribution in [3.8, 4) is 0 Å². The normalized spacial score (nSPS) is 17.8. The number of carbonyl (C=O) groups excluding carboxylic acids is 2. The van der Waals surface area contributed by atoms with E-state index in [0.29, 0.717) is 11.8 Å². The number of rotatable bonds is 6. The van der Waals surface area contributed by atoms with Crippen molar-refractivity contribution in [2.45, 2.75) is 18.9 Å². The van der Waals surface area contributed by atoms with Crippen LogP contribution in [0, 0.1) is 0 Å². The van der Waals surface area contributed by atoms with Gasteiger partial charge in [0.05, 0.1) is 11.5 Å². The predicted octanol–water partition coefficient (Wildman–Crippen LogP) is 2.67. The molecule has 1 aromatic rings. The van der Waals surface area contributed by atoms with E-state index in [9.17, 15) is 9.59 Å². The highest BCUT2D eigenvalue weighted by Gasteiger charge is 2.24. The Kier molecular flexibility index (Phi) is 7.58. The Bertz CT molecular complexity index is 583. The third kappa shape index (κ3) is 6.11. The number of carbonyl (C=O) groups is 2. The molecule has 0 saturated carbocycles. The second-order valence-electron chi connectivity index (χ2n) is 6.15. The van der Waals surface area contributed by atoms with E-state index in [0.717, 1.165) is 36.1 Å². The fourth-order valence-corrected chi connectivity index (χ4v) is 3.80. The lowest BCUT2D eigenvalue weighted by Gasteiger charge is -2.36. The van der Waals surface area contributed by atoms with Crippen LogP contribution in [-0.4, -0.2) is 66.3 Å². The maximum absolute atomic E-state index is 12.3. The van der Waals surface area contributed by atoms with Crippen molar-refractivity contribution >= 4 is 45.2 Å². The second kappa shape index (κ2) is 9.44. The maximum atomic E-state index is 12.3. The molecule has 1 unspecified atom stereocenters. The van der Waals surface area contributed by atoms with Crippen LogP contribution in [0.25, 0.3) is 0 Å². The Morgan fingerprint density at radius 3 is 2.88 bits per heavy atom. The minimum absolute atomic E-state index is 0.0873. The molecule has 5 nitrogen and oxygen atoms in total. The van der Waals surface area contributed by atoms with E-state index in [1.807, 2.05) is 29.2 Å². The van der Waals surface area contributed by atoms with Gasteiger partial charge in [-0.15, -0.1) is 11.8 Å². The van der Waals surface area contributed by atoms with Gasteiger partial charge in [0.15, 0.2) is 0 Å². The van der Waals surface area contributed by atoms with Crippen LogP contribution in [0.3, 0.4) is 0 Å². The van der Waals surface area contributed by atoms with E-state index in [4.69, 9.17) is 0 Å². The average molecular weight is 414 g/mol. The van der Waals surface area contributed by atoms with Gasteiger partial charge in [-0.25, -0.2) is 0 Å². The fourth-order valence-electron chi connectivity index (χ4n) is 2.69. The van der Waals surface area contributed by atoms with Gasteiger partial charge in [-0.3, -0.25) is 9.59 Å². The minimum Gasteiger partial charge on any atom is -0.340 e. The van der Waals surface area contributed by atoms with Gasteiger partial charge in [0, 0.05) is 29.3 Å². The SMILES string of the molecule is CN(C)C1CCCN(C(=O)CSCC(=O)Nc2cccc(Br)c2)C1. The molecule has 7 heteroatoms. The first-order chi connectivity index (χ1) is 11.5. The highest BCUT2D eigenvalue weighted by Crippen LogP contribution is 2.17. The highest BCUT2D eigenvalue weighted by atomic mass is 79.9. The Morgan fingerprint density at radius 1 is 1.38 bits per heavy atom. The van der Waals surface area contributed by atoms with Gasteiger partial charge in [0.1, 0.15) is 0 Å². The first-order valence-electron chi connectivity index (χ1n) is 8.03. The number of nitrogens with zero attached hydrogens (tertiary/aromatic N) is 2. The number of amides is 2. The molecule has 24 heavy (non-hydrogen) atoms. The summed E-state index contributed by atoms with van der Waals surface area (Å²) in [4.78, 5) is 28.3. The van der Waals surface area contributed by atoms with E-state index in [1.54, 1.807) is 0 Å². The van der Waals surface area contributed by atoms with Crippen LogP contribution < -0.4 is 5.32 Å². The first-order valence-corrected chi connectivity index (χ1v) is 9.98. The molecule has 1 saturated heterocycles. The number of hydrogen-bond acceptors (Lipinski definition) is 4. The topological polar surface area (TPSA) is 52.7 Å². The smallest absolute Gasteiger partial charge is 0.234 e. The maximum Gasteiger partial charge on any atom is 0.234 e. The van der Waals surface area contributed by atoms with Gasteiger partial charge in [-0.2, -0.15) is 0 Å². The summed E-state index contributed by atoms with van der Waals surface area (Å²) in [5, 5.41) is 2.84. The number of benzene rings is 1. The molecular formula is C17H24BrN3O2S. The molecule has 0 radical (unpaired) electrons. The molecule has 0 bridgehead atoms. The second-order valence-corrected chi connectivity index (χ2v) is 8.05. The van der Waals surface area contributed by atoms with Gasteiger partial charge >= 0.3 is 0 Å². The summed E-state index contributed by atoms with van der Waals surface area (Å²) < 4.78 is 0.920. The number of piperidine rings is 1. The molecule has 1 atom stereocenters. The Morgan fingerprint density at radius 2 is 2.17 bits per heavy atom. The summed E-state index contributed by atoms with van der Waals surface area (Å²) in [5.74, 6) is 0.674. The Labute approximate surface area is 156 Å². The zero-order chi connectivity index (χ0) is 17.5. The monoisotopic (exact) mass is 413 g/mol. The number of halogens is 1. The van der Waals surface area contributed by atoms with Crippen molar-refractivity contribution < 1.29 is 9.59 Å². The number of hydrogen-bond donors (Lipinski definition) is 1. The third-order valence-corrected chi connectivity index (χ3v) is 5.46. The lowest BCUT2D eigenvalue weighted by molar-refractivity contribution is -0.130. The van der Waals surface area contributed by atoms with Crippen LogP contribution in [-0.2, 0) is 9.59 Å². The summed E-state index contributed by atoms with van der Waals surface area (Å²) >= 11 is 4.74. The quantitative estimate of drug-likeness (QED) is 0.778. The third-order valence-electron chi connectivity index (χ3n) is 4.05. The highest BCUT2D eigenvalue weighted by molar-refractivity contribution is 9.10. The van der Waals surface area contributed by atoms with E-state index >= 15 is 0 Å². The lowest BCUT2D eigenvalue weighted by Crippen LogP contribution is -2.48. The van der Waals surface area contributed by atoms with Gasteiger partial charge in [0.25, 0.3) is 0 Å². The number of likely N-dealkylation sites (tertiary alicyclic amines) is 1. The van der Waals surface area contributed by atoms with E-state index < -0.39 is 0 Å². The number of nitrogens with one attached hydrogen (secondary N) is 1. The molecule has 1 aromatic carbocycles. The number of likely N-dealkylation sites (N-methyl/N-ethyl adjacent to an activating group) is 1. The Hall–Kier alpha value is -1.05. The van der Waals surface area contributed by atoms with Crippen LogP contribution in [0.4, 0.5) is 5.69 Å². The standard InChI is InChI=1S/C17H24BrN3O2S/c1-20(2)15-7-4-8-21(10-15)17(23)12-24-11-16(22)19-14-6-3-5-13(18)9-14/h3,5-6,9,15H,4,7-8,10-12H2,1-2H3,(H,19,22). The summed E-state index contributed by atoms with van der Waals surface area (Å²) in [7, 11) is 4.11. The molecule has 0 spiro atoms. The molecule has 132 valence electrons. The van der Waals surface area contributed by atoms with Crippen molar-refractivity contribution in [3.05, 3.63) is 28.7 Å². The zero-order valence-corrected chi connectivity index (χ0v) is 16.5. The molecular weight excluding hydrogens is 390 g/mol. The molecule has 0 aliphatic carbocycles. The van der Waals surface area contributed by atoms with Gasteiger partial charge < -0.3 is 15.1 Å². The summed E-state index contributed by atoms with van der Waals surface area (Å²) in [5.41, 5.74) is 0.756. The molecule has 1 aliphatic heterocycles. The van der Waals surface area contributed by atoms with Gasteiger partial charge in [0.2, 0.25) is 11.8 Å². The molecule has 0 aromatic heterocycles. The van der Waals surface area contributed by atoms with E-state index in [1.165, 1.54) is 11.8 Å². The molecule has 2 rings (SSSR count). The molecule has 1 fully saturated rings. The minimum atomic E-state index is -0.0873. The molecule has 1 heterocycles. The number of thioether (sulfide) groups is 1. The van der Waals surface area contributed by atoms with E-state index in [2.05, 4.69) is 40.2 Å². The lowest BCUT2D eigenvalue weighted by atomic mass is 10.1. The first kappa shape index (κ1) is 19.3. The predicted molar refractivity (Wildman–Crippen MR) is 103 cm³/mol. The number of anilines is 1. The van der Waals surface area contributed by atoms with Gasteiger partial charge in [-0.1, -0.05) is 22.0 Å². The van der Waals surface area contributed by atoms with Crippen molar-refractivity contribution in [1.82, 2.24) is 9.80 Å². The average Bonchev–Trinajstić information content (AvgIpc) is 2.54. The van der Waals surface area contributed by atoms with Crippen LogP contribution >= 0.6 is 27.7 Å². The Balaban J connectivity index is 1.71. The molecule has 1 N–H and O–H groups in total. The van der Waals surface area contributed by atoms with E-state index in [-0.39, 0.29) is 17.6 Å². The van der Waals surface area contributed by atoms with Crippen LogP contribution in [0.5, 0.6) is 0 Å². The van der Waals surface area contributed by atoms with Crippen LogP contribution in [0.1, 0.15) is 12.8 Å². The fraction of sp³-hybridized carbons (Fsp3) is 0.529.